The van der Waals surface area contributed by atoms with Crippen molar-refractivity contribution in [3.05, 3.63) is 60.0 Å². The number of hydrogen-bond donors (Lipinski definition) is 1. The molecule has 1 aliphatic heterocycles. The number of rotatable bonds is 5. The van der Waals surface area contributed by atoms with Gasteiger partial charge in [0.05, 0.1) is 18.5 Å². The monoisotopic (exact) mass is 442 g/mol. The lowest BCUT2D eigenvalue weighted by molar-refractivity contribution is -0.128. The molecule has 0 unspecified atom stereocenters. The van der Waals surface area contributed by atoms with Gasteiger partial charge in [-0.05, 0) is 19.1 Å². The molecule has 1 aliphatic rings. The first-order valence-corrected chi connectivity index (χ1v) is 11.6. The molecule has 0 fully saturated rings. The van der Waals surface area contributed by atoms with Crippen molar-refractivity contribution in [1.82, 2.24) is 15.5 Å². The smallest absolute Gasteiger partial charge is 0.261 e. The maximum absolute atomic E-state index is 12.7. The highest BCUT2D eigenvalue weighted by atomic mass is 32.2. The van der Waals surface area contributed by atoms with Crippen molar-refractivity contribution in [2.24, 2.45) is 0 Å². The minimum absolute atomic E-state index is 0.0367. The number of carbonyl (C=O) groups is 1. The van der Waals surface area contributed by atoms with Gasteiger partial charge in [0, 0.05) is 18.5 Å². The number of ether oxygens (including phenoxy) is 1. The van der Waals surface area contributed by atoms with E-state index in [2.05, 4.69) is 15.5 Å². The summed E-state index contributed by atoms with van der Waals surface area (Å²) < 4.78 is 36.6. The van der Waals surface area contributed by atoms with E-state index in [0.717, 1.165) is 17.4 Å². The number of benzene rings is 2. The molecule has 0 saturated heterocycles. The van der Waals surface area contributed by atoms with Gasteiger partial charge in [0.1, 0.15) is 5.75 Å². The Hall–Kier alpha value is -3.40. The number of sulfonamides is 1. The fraction of sp³-hybridized carbons (Fsp3) is 0.286. The standard InChI is InChI=1S/C21H22N4O5S/c1-14-7-9-15(10-8-14)20-23-19(30-24-20)13-22-21(26)18-11-12-25(31(2,27)28)16-5-3-4-6-17(16)29-18/h3-10,18H,11-13H2,1-2H3,(H,22,26)/t18-/m1/s1. The summed E-state index contributed by atoms with van der Waals surface area (Å²) >= 11 is 0. The van der Waals surface area contributed by atoms with Crippen molar-refractivity contribution in [2.45, 2.75) is 26.0 Å². The van der Waals surface area contributed by atoms with Crippen molar-refractivity contribution in [3.8, 4) is 17.1 Å². The number of para-hydroxylation sites is 2. The summed E-state index contributed by atoms with van der Waals surface area (Å²) in [4.78, 5) is 17.0. The Morgan fingerprint density at radius 1 is 1.19 bits per heavy atom. The Labute approximate surface area is 180 Å². The van der Waals surface area contributed by atoms with Crippen LogP contribution in [-0.4, -0.2) is 43.4 Å². The molecule has 1 amide bonds. The van der Waals surface area contributed by atoms with E-state index in [1.807, 2.05) is 31.2 Å². The van der Waals surface area contributed by atoms with Crippen LogP contribution in [0, 0.1) is 6.92 Å². The van der Waals surface area contributed by atoms with E-state index in [-0.39, 0.29) is 31.3 Å². The van der Waals surface area contributed by atoms with Gasteiger partial charge in [-0.2, -0.15) is 4.98 Å². The van der Waals surface area contributed by atoms with Crippen molar-refractivity contribution in [3.63, 3.8) is 0 Å². The molecule has 1 atom stereocenters. The summed E-state index contributed by atoms with van der Waals surface area (Å²) in [6, 6.07) is 14.4. The predicted molar refractivity (Wildman–Crippen MR) is 114 cm³/mol. The van der Waals surface area contributed by atoms with Gasteiger partial charge in [-0.15, -0.1) is 0 Å². The van der Waals surface area contributed by atoms with Crippen LogP contribution in [0.25, 0.3) is 11.4 Å². The van der Waals surface area contributed by atoms with Crippen molar-refractivity contribution < 1.29 is 22.5 Å². The van der Waals surface area contributed by atoms with Crippen molar-refractivity contribution in [2.75, 3.05) is 17.1 Å². The van der Waals surface area contributed by atoms with Gasteiger partial charge < -0.3 is 14.6 Å². The molecular weight excluding hydrogens is 420 g/mol. The van der Waals surface area contributed by atoms with Crippen molar-refractivity contribution in [1.29, 1.82) is 0 Å². The Bertz CT molecular complexity index is 1190. The minimum atomic E-state index is -3.51. The van der Waals surface area contributed by atoms with Gasteiger partial charge in [-0.1, -0.05) is 47.1 Å². The van der Waals surface area contributed by atoms with Crippen LogP contribution < -0.4 is 14.4 Å². The fourth-order valence-corrected chi connectivity index (χ4v) is 4.23. The molecule has 0 spiro atoms. The van der Waals surface area contributed by atoms with Crippen LogP contribution in [0.15, 0.2) is 53.1 Å². The lowest BCUT2D eigenvalue weighted by atomic mass is 10.1. The van der Waals surface area contributed by atoms with Gasteiger partial charge in [-0.3, -0.25) is 9.10 Å². The van der Waals surface area contributed by atoms with Crippen LogP contribution in [0.1, 0.15) is 17.9 Å². The van der Waals surface area contributed by atoms with Crippen LogP contribution in [0.4, 0.5) is 5.69 Å². The molecule has 1 N–H and O–H groups in total. The first-order chi connectivity index (χ1) is 14.8. The zero-order chi connectivity index (χ0) is 22.0. The van der Waals surface area contributed by atoms with Crippen LogP contribution in [0.2, 0.25) is 0 Å². The SMILES string of the molecule is Cc1ccc(-c2noc(CNC(=O)[C@H]3CCN(S(C)(=O)=O)c4ccccc4O3)n2)cc1. The normalized spacial score (nSPS) is 16.2. The van der Waals surface area contributed by atoms with Crippen LogP contribution >= 0.6 is 0 Å². The molecule has 0 saturated carbocycles. The summed E-state index contributed by atoms with van der Waals surface area (Å²) in [5, 5.41) is 6.67. The summed E-state index contributed by atoms with van der Waals surface area (Å²) in [5.74, 6) is 0.647. The molecule has 3 aromatic rings. The van der Waals surface area contributed by atoms with E-state index in [4.69, 9.17) is 9.26 Å². The zero-order valence-corrected chi connectivity index (χ0v) is 17.9. The lowest BCUT2D eigenvalue weighted by Gasteiger charge is -2.20. The number of nitrogens with one attached hydrogen (secondary N) is 1. The number of anilines is 1. The largest absolute Gasteiger partial charge is 0.478 e. The molecule has 2 heterocycles. The summed E-state index contributed by atoms with van der Waals surface area (Å²) in [7, 11) is -3.51. The zero-order valence-electron chi connectivity index (χ0n) is 17.1. The highest BCUT2D eigenvalue weighted by Gasteiger charge is 2.31. The molecule has 10 heteroatoms. The molecule has 31 heavy (non-hydrogen) atoms. The van der Waals surface area contributed by atoms with Crippen LogP contribution in [0.3, 0.4) is 0 Å². The van der Waals surface area contributed by atoms with Crippen molar-refractivity contribution >= 4 is 21.6 Å². The van der Waals surface area contributed by atoms with E-state index in [9.17, 15) is 13.2 Å². The number of nitrogens with zero attached hydrogens (tertiary/aromatic N) is 3. The Morgan fingerprint density at radius 2 is 1.94 bits per heavy atom. The molecular formula is C21H22N4O5S. The second-order valence-corrected chi connectivity index (χ2v) is 9.20. The topological polar surface area (TPSA) is 115 Å². The number of hydrogen-bond acceptors (Lipinski definition) is 7. The molecule has 0 radical (unpaired) electrons. The first-order valence-electron chi connectivity index (χ1n) is 9.72. The summed E-state index contributed by atoms with van der Waals surface area (Å²) in [6.07, 6.45) is 0.477. The number of aromatic nitrogens is 2. The number of carbonyl (C=O) groups excluding carboxylic acids is 1. The molecule has 162 valence electrons. The van der Waals surface area contributed by atoms with E-state index >= 15 is 0 Å². The molecule has 0 bridgehead atoms. The molecule has 0 aliphatic carbocycles. The van der Waals surface area contributed by atoms with Crippen LogP contribution in [-0.2, 0) is 21.4 Å². The summed E-state index contributed by atoms with van der Waals surface area (Å²) in [5.41, 5.74) is 2.36. The third kappa shape index (κ3) is 4.69. The van der Waals surface area contributed by atoms with Gasteiger partial charge in [0.15, 0.2) is 6.10 Å². The predicted octanol–water partition coefficient (Wildman–Crippen LogP) is 2.28. The quantitative estimate of drug-likeness (QED) is 0.645. The number of fused-ring (bicyclic) bond motifs is 1. The Morgan fingerprint density at radius 3 is 2.68 bits per heavy atom. The number of aryl methyl sites for hydroxylation is 1. The first kappa shape index (κ1) is 20.9. The Kier molecular flexibility index (Phi) is 5.64. The third-order valence-electron chi connectivity index (χ3n) is 4.88. The fourth-order valence-electron chi connectivity index (χ4n) is 3.28. The molecule has 2 aromatic carbocycles. The van der Waals surface area contributed by atoms with Gasteiger partial charge >= 0.3 is 0 Å². The highest BCUT2D eigenvalue weighted by molar-refractivity contribution is 7.92. The van der Waals surface area contributed by atoms with Crippen LogP contribution in [0.5, 0.6) is 5.75 Å². The maximum Gasteiger partial charge on any atom is 0.261 e. The van der Waals surface area contributed by atoms with E-state index in [0.29, 0.717) is 17.3 Å². The Balaban J connectivity index is 1.43. The molecule has 4 rings (SSSR count). The van der Waals surface area contributed by atoms with Gasteiger partial charge in [0.25, 0.3) is 5.91 Å². The van der Waals surface area contributed by atoms with E-state index in [1.54, 1.807) is 24.3 Å². The lowest BCUT2D eigenvalue weighted by Crippen LogP contribution is -2.39. The van der Waals surface area contributed by atoms with E-state index < -0.39 is 16.1 Å². The highest BCUT2D eigenvalue weighted by Crippen LogP contribution is 2.33. The second kappa shape index (κ2) is 8.38. The number of amides is 1. The third-order valence-corrected chi connectivity index (χ3v) is 6.06. The van der Waals surface area contributed by atoms with Gasteiger partial charge in [0.2, 0.25) is 21.7 Å². The molecule has 9 nitrogen and oxygen atoms in total. The molecule has 1 aromatic heterocycles. The average Bonchev–Trinajstić information content (AvgIpc) is 3.11. The van der Waals surface area contributed by atoms with Gasteiger partial charge in [-0.25, -0.2) is 8.42 Å². The maximum atomic E-state index is 12.7. The summed E-state index contributed by atoms with van der Waals surface area (Å²) in [6.45, 7) is 2.16. The van der Waals surface area contributed by atoms with E-state index in [1.165, 1.54) is 4.31 Å². The average molecular weight is 442 g/mol. The minimum Gasteiger partial charge on any atom is -0.478 e. The second-order valence-electron chi connectivity index (χ2n) is 7.29.